The number of carbonyl (C=O) groups excluding carboxylic acids is 1. The van der Waals surface area contributed by atoms with E-state index in [0.717, 1.165) is 24.3 Å². The van der Waals surface area contributed by atoms with Gasteiger partial charge in [0.2, 0.25) is 0 Å². The fourth-order valence-corrected chi connectivity index (χ4v) is 1.12. The molecule has 1 rings (SSSR count). The molecule has 0 spiro atoms. The van der Waals surface area contributed by atoms with Crippen molar-refractivity contribution in [1.82, 2.24) is 5.32 Å². The summed E-state index contributed by atoms with van der Waals surface area (Å²) in [4.78, 5) is 11.5. The van der Waals surface area contributed by atoms with E-state index in [4.69, 9.17) is 10.9 Å². The van der Waals surface area contributed by atoms with Crippen molar-refractivity contribution in [2.75, 3.05) is 6.54 Å². The van der Waals surface area contributed by atoms with Gasteiger partial charge in [0.1, 0.15) is 5.75 Å². The molecule has 0 aromatic heterocycles. The Morgan fingerprint density at radius 3 is 2.42 bits per heavy atom. The van der Waals surface area contributed by atoms with Gasteiger partial charge in [-0.25, -0.2) is 0 Å². The number of nitrogens with zero attached hydrogens (tertiary/aromatic N) is 1. The van der Waals surface area contributed by atoms with Gasteiger partial charge in [0.15, 0.2) is 5.84 Å². The predicted octanol–water partition coefficient (Wildman–Crippen LogP) is 1.06. The molecule has 0 radical (unpaired) electrons. The molecule has 0 aliphatic heterocycles. The highest BCUT2D eigenvalue weighted by Gasteiger charge is 2.31. The van der Waals surface area contributed by atoms with Crippen molar-refractivity contribution in [3.05, 3.63) is 29.8 Å². The minimum Gasteiger partial charge on any atom is -0.409 e. The van der Waals surface area contributed by atoms with Crippen LogP contribution in [0.15, 0.2) is 29.4 Å². The fourth-order valence-electron chi connectivity index (χ4n) is 1.12. The van der Waals surface area contributed by atoms with E-state index in [1.165, 1.54) is 0 Å². The Bertz CT molecular complexity index is 471. The number of hydrogen-bond donors (Lipinski definition) is 3. The fraction of sp³-hybridized carbons (Fsp3) is 0.200. The maximum Gasteiger partial charge on any atom is 0.573 e. The van der Waals surface area contributed by atoms with Crippen LogP contribution in [0.4, 0.5) is 13.2 Å². The second kappa shape index (κ2) is 5.94. The van der Waals surface area contributed by atoms with Crippen molar-refractivity contribution in [1.29, 1.82) is 0 Å². The van der Waals surface area contributed by atoms with Crippen LogP contribution >= 0.6 is 0 Å². The highest BCUT2D eigenvalue weighted by molar-refractivity contribution is 5.97. The summed E-state index contributed by atoms with van der Waals surface area (Å²) in [7, 11) is 0. The van der Waals surface area contributed by atoms with Crippen molar-refractivity contribution in [2.24, 2.45) is 10.9 Å². The largest absolute Gasteiger partial charge is 0.573 e. The van der Waals surface area contributed by atoms with Crippen LogP contribution in [0.5, 0.6) is 5.75 Å². The number of amides is 1. The Morgan fingerprint density at radius 2 is 1.95 bits per heavy atom. The van der Waals surface area contributed by atoms with Gasteiger partial charge in [0, 0.05) is 5.56 Å². The van der Waals surface area contributed by atoms with Gasteiger partial charge in [0.25, 0.3) is 5.91 Å². The molecule has 9 heteroatoms. The number of amidine groups is 1. The minimum absolute atomic E-state index is 0.111. The lowest BCUT2D eigenvalue weighted by molar-refractivity contribution is -0.274. The molecule has 0 aliphatic carbocycles. The van der Waals surface area contributed by atoms with Gasteiger partial charge < -0.3 is 21.0 Å². The normalized spacial score (nSPS) is 12.1. The molecule has 0 bridgehead atoms. The Balaban J connectivity index is 2.63. The molecule has 0 saturated carbocycles. The smallest absolute Gasteiger partial charge is 0.409 e. The van der Waals surface area contributed by atoms with Crippen molar-refractivity contribution < 1.29 is 27.9 Å². The second-order valence-electron chi connectivity index (χ2n) is 3.35. The van der Waals surface area contributed by atoms with Gasteiger partial charge in [-0.05, 0) is 24.3 Å². The number of oxime groups is 1. The zero-order valence-electron chi connectivity index (χ0n) is 9.44. The molecule has 1 amide bonds. The Morgan fingerprint density at radius 1 is 1.37 bits per heavy atom. The number of halogens is 3. The van der Waals surface area contributed by atoms with Gasteiger partial charge in [-0.15, -0.1) is 13.2 Å². The molecule has 104 valence electrons. The van der Waals surface area contributed by atoms with E-state index in [1.807, 2.05) is 0 Å². The molecular weight excluding hydrogens is 267 g/mol. The van der Waals surface area contributed by atoms with E-state index in [-0.39, 0.29) is 17.9 Å². The highest BCUT2D eigenvalue weighted by Crippen LogP contribution is 2.22. The van der Waals surface area contributed by atoms with Gasteiger partial charge in [-0.3, -0.25) is 4.79 Å². The molecule has 1 aromatic carbocycles. The molecule has 0 unspecified atom stereocenters. The molecular formula is C10H10F3N3O3. The summed E-state index contributed by atoms with van der Waals surface area (Å²) in [5, 5.41) is 13.2. The molecule has 6 nitrogen and oxygen atoms in total. The molecule has 1 aromatic rings. The summed E-state index contributed by atoms with van der Waals surface area (Å²) in [5.41, 5.74) is 5.24. The summed E-state index contributed by atoms with van der Waals surface area (Å²) in [5.74, 6) is -1.21. The van der Waals surface area contributed by atoms with Crippen molar-refractivity contribution in [2.45, 2.75) is 6.36 Å². The van der Waals surface area contributed by atoms with Crippen LogP contribution in [0, 0.1) is 0 Å². The van der Waals surface area contributed by atoms with Crippen molar-refractivity contribution in [3.8, 4) is 5.75 Å². The number of carbonyl (C=O) groups is 1. The Kier molecular flexibility index (Phi) is 4.56. The zero-order valence-corrected chi connectivity index (χ0v) is 9.44. The molecule has 0 saturated heterocycles. The number of benzene rings is 1. The number of ether oxygens (including phenoxy) is 1. The van der Waals surface area contributed by atoms with E-state index in [2.05, 4.69) is 15.2 Å². The minimum atomic E-state index is -4.78. The van der Waals surface area contributed by atoms with Crippen molar-refractivity contribution >= 4 is 11.7 Å². The van der Waals surface area contributed by atoms with Crippen LogP contribution in [0.25, 0.3) is 0 Å². The van der Waals surface area contributed by atoms with Crippen molar-refractivity contribution in [3.63, 3.8) is 0 Å². The number of rotatable bonds is 4. The van der Waals surface area contributed by atoms with Crippen LogP contribution in [0.2, 0.25) is 0 Å². The van der Waals surface area contributed by atoms with Gasteiger partial charge in [-0.1, -0.05) is 5.16 Å². The number of hydrogen-bond acceptors (Lipinski definition) is 4. The molecule has 0 atom stereocenters. The first kappa shape index (κ1) is 14.6. The molecule has 19 heavy (non-hydrogen) atoms. The summed E-state index contributed by atoms with van der Waals surface area (Å²) in [6.07, 6.45) is -4.78. The predicted molar refractivity (Wildman–Crippen MR) is 58.9 cm³/mol. The second-order valence-corrected chi connectivity index (χ2v) is 3.35. The molecule has 4 N–H and O–H groups in total. The molecule has 0 aliphatic rings. The first-order valence-electron chi connectivity index (χ1n) is 4.92. The standard InChI is InChI=1S/C10H10F3N3O3/c11-10(12,13)19-7-3-1-6(2-4-7)9(17)15-5-8(14)16-18/h1-4,18H,5H2,(H2,14,16)(H,15,17). The first-order valence-corrected chi connectivity index (χ1v) is 4.92. The maximum absolute atomic E-state index is 11.9. The van der Waals surface area contributed by atoms with Crippen LogP contribution in [-0.4, -0.2) is 29.9 Å². The lowest BCUT2D eigenvalue weighted by atomic mass is 10.2. The first-order chi connectivity index (χ1) is 8.81. The molecule has 0 heterocycles. The van der Waals surface area contributed by atoms with E-state index in [9.17, 15) is 18.0 Å². The average molecular weight is 277 g/mol. The number of alkyl halides is 3. The van der Waals surface area contributed by atoms with Crippen LogP contribution < -0.4 is 15.8 Å². The van der Waals surface area contributed by atoms with Crippen LogP contribution in [-0.2, 0) is 0 Å². The van der Waals surface area contributed by atoms with Gasteiger partial charge in [0.05, 0.1) is 6.54 Å². The quantitative estimate of drug-likeness (QED) is 0.332. The van der Waals surface area contributed by atoms with Gasteiger partial charge >= 0.3 is 6.36 Å². The van der Waals surface area contributed by atoms with E-state index < -0.39 is 18.0 Å². The SMILES string of the molecule is N/C(CNC(=O)c1ccc(OC(F)(F)F)cc1)=N/O. The highest BCUT2D eigenvalue weighted by atomic mass is 19.4. The zero-order chi connectivity index (χ0) is 14.5. The van der Waals surface area contributed by atoms with Crippen LogP contribution in [0.3, 0.4) is 0 Å². The van der Waals surface area contributed by atoms with E-state index >= 15 is 0 Å². The third-order valence-corrected chi connectivity index (χ3v) is 1.91. The summed E-state index contributed by atoms with van der Waals surface area (Å²) >= 11 is 0. The average Bonchev–Trinajstić information content (AvgIpc) is 2.34. The van der Waals surface area contributed by atoms with E-state index in [0.29, 0.717) is 0 Å². The third kappa shape index (κ3) is 5.15. The maximum atomic E-state index is 11.9. The lowest BCUT2D eigenvalue weighted by Crippen LogP contribution is -2.33. The number of nitrogens with two attached hydrogens (primary N) is 1. The van der Waals surface area contributed by atoms with Crippen LogP contribution in [0.1, 0.15) is 10.4 Å². The summed E-state index contributed by atoms with van der Waals surface area (Å²) in [6, 6.07) is 4.32. The van der Waals surface area contributed by atoms with Gasteiger partial charge in [-0.2, -0.15) is 0 Å². The van der Waals surface area contributed by atoms with E-state index in [1.54, 1.807) is 0 Å². The topological polar surface area (TPSA) is 96.9 Å². The Hall–Kier alpha value is -2.45. The summed E-state index contributed by atoms with van der Waals surface area (Å²) < 4.78 is 39.3. The number of nitrogens with one attached hydrogen (secondary N) is 1. The lowest BCUT2D eigenvalue weighted by Gasteiger charge is -2.09. The molecule has 0 fully saturated rings. The third-order valence-electron chi connectivity index (χ3n) is 1.91. The Labute approximate surface area is 105 Å². The summed E-state index contributed by atoms with van der Waals surface area (Å²) in [6.45, 7) is -0.184. The monoisotopic (exact) mass is 277 g/mol.